The van der Waals surface area contributed by atoms with Crippen molar-refractivity contribution in [1.29, 1.82) is 0 Å². The van der Waals surface area contributed by atoms with Gasteiger partial charge in [-0.1, -0.05) is 26.8 Å². The number of nitrogens with two attached hydrogens (primary N) is 3. The monoisotopic (exact) mass is 1390 g/mol. The molecule has 1 fully saturated rings. The summed E-state index contributed by atoms with van der Waals surface area (Å²) in [5.74, 6) is 7.51. The molecule has 0 spiro atoms. The SMILES string of the molecule is CC1(C)OB(c2ccc(N)nc2)OC1(C)C.CSc1cnc(CCC(C)CCc2ccc(-c3nnc(C)o3)cn2)nc1.Cc1nnc(-c2ccc(CCC(C)CCC(=O)OC(C)(C)C)nc2)o1.Cc1nnc(-c2ccc(CCC(C)CN)nc2)o1.Cc1nnc(-c2ccc(N)nc2)o1.Cl. The number of hydrogen-bond donors (Lipinski definition) is 3. The van der Waals surface area contributed by atoms with Crippen molar-refractivity contribution in [2.45, 2.75) is 183 Å². The fourth-order valence-corrected chi connectivity index (χ4v) is 9.43. The quantitative estimate of drug-likeness (QED) is 0.0322. The van der Waals surface area contributed by atoms with Crippen molar-refractivity contribution in [3.8, 4) is 45.8 Å². The molecule has 11 rings (SSSR count). The molecule has 10 aromatic heterocycles. The van der Waals surface area contributed by atoms with Gasteiger partial charge in [0.25, 0.3) is 0 Å². The van der Waals surface area contributed by atoms with E-state index in [0.29, 0.717) is 82.9 Å². The van der Waals surface area contributed by atoms with Gasteiger partial charge in [0.2, 0.25) is 47.1 Å². The number of thioether (sulfide) groups is 1. The molecular weight excluding hydrogens is 1300 g/mol. The first-order chi connectivity index (χ1) is 46.6. The van der Waals surface area contributed by atoms with E-state index in [0.717, 1.165) is 120 Å². The van der Waals surface area contributed by atoms with Crippen LogP contribution in [0.1, 0.15) is 154 Å². The lowest BCUT2D eigenvalue weighted by Crippen LogP contribution is -2.41. The van der Waals surface area contributed by atoms with Gasteiger partial charge in [0.1, 0.15) is 23.1 Å². The Kier molecular flexibility index (Phi) is 30.2. The van der Waals surface area contributed by atoms with Crippen molar-refractivity contribution >= 4 is 54.4 Å². The zero-order valence-corrected chi connectivity index (χ0v) is 61.1. The fourth-order valence-electron chi connectivity index (χ4n) is 9.12. The van der Waals surface area contributed by atoms with Gasteiger partial charge in [-0.05, 0) is 185 Å². The number of rotatable bonds is 22. The molecule has 10 aromatic rings. The summed E-state index contributed by atoms with van der Waals surface area (Å²) in [6.45, 7) is 28.1. The van der Waals surface area contributed by atoms with E-state index in [1.54, 1.807) is 88.6 Å². The third-order valence-electron chi connectivity index (χ3n) is 15.8. The number of ether oxygens (including phenoxy) is 1. The Hall–Kier alpha value is -8.96. The molecule has 3 atom stereocenters. The number of aryl methyl sites for hydroxylation is 8. The summed E-state index contributed by atoms with van der Waals surface area (Å²) in [5, 5.41) is 31.0. The molecule has 1 aliphatic rings. The summed E-state index contributed by atoms with van der Waals surface area (Å²) in [5.41, 5.74) is 22.9. The van der Waals surface area contributed by atoms with E-state index >= 15 is 0 Å². The molecule has 0 saturated carbocycles. The van der Waals surface area contributed by atoms with Gasteiger partial charge < -0.3 is 48.9 Å². The molecule has 0 aliphatic carbocycles. The predicted octanol–water partition coefficient (Wildman–Crippen LogP) is 12.7. The maximum absolute atomic E-state index is 11.8. The van der Waals surface area contributed by atoms with E-state index in [1.165, 1.54) is 0 Å². The lowest BCUT2D eigenvalue weighted by molar-refractivity contribution is -0.155. The highest BCUT2D eigenvalue weighted by Gasteiger charge is 2.51. The van der Waals surface area contributed by atoms with Crippen molar-refractivity contribution in [3.05, 3.63) is 151 Å². The maximum atomic E-state index is 11.8. The topological polar surface area (TPSA) is 369 Å². The van der Waals surface area contributed by atoms with Gasteiger partial charge in [-0.25, -0.2) is 19.9 Å². The molecule has 0 aromatic carbocycles. The van der Waals surface area contributed by atoms with Gasteiger partial charge in [-0.15, -0.1) is 65.0 Å². The van der Waals surface area contributed by atoms with Crippen LogP contribution >= 0.6 is 24.2 Å². The summed E-state index contributed by atoms with van der Waals surface area (Å²) in [7, 11) is -0.363. The van der Waals surface area contributed by atoms with Gasteiger partial charge in [-0.3, -0.25) is 19.7 Å². The second kappa shape index (κ2) is 37.8. The van der Waals surface area contributed by atoms with Gasteiger partial charge in [0.15, 0.2) is 0 Å². The van der Waals surface area contributed by atoms with E-state index in [4.69, 9.17) is 48.9 Å². The van der Waals surface area contributed by atoms with Crippen LogP contribution in [0.4, 0.5) is 11.6 Å². The minimum atomic E-state index is -0.414. The Morgan fingerprint density at radius 3 is 1.18 bits per heavy atom. The molecule has 6 N–H and O–H groups in total. The van der Waals surface area contributed by atoms with Crippen LogP contribution in [0.3, 0.4) is 0 Å². The van der Waals surface area contributed by atoms with Gasteiger partial charge in [-0.2, -0.15) is 0 Å². The zero-order chi connectivity index (χ0) is 71.0. The van der Waals surface area contributed by atoms with E-state index in [1.807, 2.05) is 110 Å². The molecule has 0 radical (unpaired) electrons. The minimum Gasteiger partial charge on any atom is -0.460 e. The molecule has 0 amide bonds. The molecule has 29 heteroatoms. The molecular formula is C70H94BClN18O8S. The Labute approximate surface area is 590 Å². The number of carbonyl (C=O) groups excluding carboxylic acids is 1. The molecule has 1 aliphatic heterocycles. The number of carbonyl (C=O) groups is 1. The van der Waals surface area contributed by atoms with Crippen LogP contribution in [-0.2, 0) is 44.5 Å². The third kappa shape index (κ3) is 26.3. The van der Waals surface area contributed by atoms with Gasteiger partial charge in [0.05, 0.1) is 33.5 Å². The number of anilines is 2. The molecule has 1 saturated heterocycles. The van der Waals surface area contributed by atoms with Crippen molar-refractivity contribution in [1.82, 2.24) is 75.7 Å². The standard InChI is InChI=1S/C19H23N5OS.C19H27N3O3.C13H18N4O.C11H17BN2O2.C8H8N4O.ClH/c1-13(5-9-18-21-11-17(26-3)12-22-18)4-7-16-8-6-15(10-20-16)19-24-23-14(2)25-19;1-13(7-11-17(23)25-19(3,4)5)6-9-16-10-8-15(12-20-16)18-22-21-14(2)24-18;1-9(7-14)3-5-12-6-4-11(8-15-12)13-17-16-10(2)18-13;1-10(2)11(3,4)16-12(15-10)8-5-6-9(13)14-7-8;1-5-11-12-8(13-5)6-2-3-7(9)10-4-6;/h6,8,10-13H,4-5,7,9H2,1-3H3;8,10,12-13H,6-7,9,11H2,1-5H3;4,6,8-9H,3,5,7,14H2,1-2H3;5-7H,1-4H3,(H2,13,14);2-4H,1H3,(H2,9,10);1H. The second-order valence-corrected chi connectivity index (χ2v) is 26.9. The average molecular weight is 1390 g/mol. The Bertz CT molecular complexity index is 3970. The van der Waals surface area contributed by atoms with Crippen molar-refractivity contribution in [2.24, 2.45) is 23.5 Å². The lowest BCUT2D eigenvalue weighted by Gasteiger charge is -2.32. The van der Waals surface area contributed by atoms with Crippen molar-refractivity contribution in [3.63, 3.8) is 0 Å². The van der Waals surface area contributed by atoms with Crippen molar-refractivity contribution in [2.75, 3.05) is 24.3 Å². The molecule has 3 unspecified atom stereocenters. The highest BCUT2D eigenvalue weighted by molar-refractivity contribution is 7.98. The Morgan fingerprint density at radius 1 is 0.495 bits per heavy atom. The smallest absolute Gasteiger partial charge is 0.460 e. The van der Waals surface area contributed by atoms with Crippen LogP contribution in [0.25, 0.3) is 45.8 Å². The molecule has 26 nitrogen and oxygen atoms in total. The summed E-state index contributed by atoms with van der Waals surface area (Å²) < 4.78 is 38.5. The van der Waals surface area contributed by atoms with Gasteiger partial charge >= 0.3 is 13.1 Å². The number of esters is 1. The van der Waals surface area contributed by atoms with E-state index in [2.05, 4.69) is 96.4 Å². The largest absolute Gasteiger partial charge is 0.496 e. The van der Waals surface area contributed by atoms with Crippen LogP contribution in [0.5, 0.6) is 0 Å². The van der Waals surface area contributed by atoms with E-state index < -0.39 is 5.60 Å². The van der Waals surface area contributed by atoms with Crippen LogP contribution in [0.2, 0.25) is 0 Å². The summed E-state index contributed by atoms with van der Waals surface area (Å²) in [6, 6.07) is 19.0. The number of nitrogen functional groups attached to an aromatic ring is 2. The number of aromatic nitrogens is 15. The highest BCUT2D eigenvalue weighted by atomic mass is 35.5. The lowest BCUT2D eigenvalue weighted by atomic mass is 9.80. The predicted molar refractivity (Wildman–Crippen MR) is 384 cm³/mol. The van der Waals surface area contributed by atoms with E-state index in [9.17, 15) is 4.79 Å². The maximum Gasteiger partial charge on any atom is 0.496 e. The zero-order valence-electron chi connectivity index (χ0n) is 59.4. The minimum absolute atomic E-state index is 0. The number of halogens is 1. The number of nitrogens with zero attached hydrogens (tertiary/aromatic N) is 15. The first kappa shape index (κ1) is 79.0. The van der Waals surface area contributed by atoms with Crippen LogP contribution < -0.4 is 22.7 Å². The van der Waals surface area contributed by atoms with Gasteiger partial charge in [0, 0.05) is 111 Å². The Morgan fingerprint density at radius 2 is 0.859 bits per heavy atom. The molecule has 99 heavy (non-hydrogen) atoms. The van der Waals surface area contributed by atoms with E-state index in [-0.39, 0.29) is 36.7 Å². The summed E-state index contributed by atoms with van der Waals surface area (Å²) in [6.07, 6.45) is 23.6. The summed E-state index contributed by atoms with van der Waals surface area (Å²) >= 11 is 1.66. The van der Waals surface area contributed by atoms with Crippen molar-refractivity contribution < 1.29 is 36.5 Å². The highest BCUT2D eigenvalue weighted by Crippen LogP contribution is 2.36. The summed E-state index contributed by atoms with van der Waals surface area (Å²) in [4.78, 5) is 43.0. The molecule has 11 heterocycles. The third-order valence-corrected chi connectivity index (χ3v) is 16.5. The number of hydrogen-bond acceptors (Lipinski definition) is 27. The molecule has 528 valence electrons. The average Bonchev–Trinajstić information content (AvgIpc) is 1.62. The number of pyridine rings is 5. The normalized spacial score (nSPS) is 13.7. The second-order valence-electron chi connectivity index (χ2n) is 26.1. The van der Waals surface area contributed by atoms with Crippen LogP contribution in [0.15, 0.2) is 127 Å². The van der Waals surface area contributed by atoms with Crippen LogP contribution in [-0.4, -0.2) is 118 Å². The first-order valence-corrected chi connectivity index (χ1v) is 34.0. The first-order valence-electron chi connectivity index (χ1n) is 32.7. The van der Waals surface area contributed by atoms with Crippen LogP contribution in [0, 0.1) is 45.4 Å². The molecule has 0 bridgehead atoms. The Balaban J connectivity index is 0.000000199. The fraction of sp³-hybridized carbons (Fsp3) is 0.457.